The highest BCUT2D eigenvalue weighted by Crippen LogP contribution is 2.22. The summed E-state index contributed by atoms with van der Waals surface area (Å²) in [6.45, 7) is 7.57. The van der Waals surface area contributed by atoms with E-state index in [9.17, 15) is 9.59 Å². The maximum atomic E-state index is 12.7. The van der Waals surface area contributed by atoms with Gasteiger partial charge < -0.3 is 20.9 Å². The first-order valence-electron chi connectivity index (χ1n) is 10.2. The lowest BCUT2D eigenvalue weighted by molar-refractivity contribution is -0.126. The lowest BCUT2D eigenvalue weighted by Gasteiger charge is -2.33. The van der Waals surface area contributed by atoms with Crippen molar-refractivity contribution in [3.63, 3.8) is 0 Å². The second kappa shape index (κ2) is 9.22. The van der Waals surface area contributed by atoms with Gasteiger partial charge in [-0.1, -0.05) is 38.1 Å². The van der Waals surface area contributed by atoms with Gasteiger partial charge in [0.1, 0.15) is 0 Å². The van der Waals surface area contributed by atoms with E-state index in [4.69, 9.17) is 0 Å². The van der Waals surface area contributed by atoms with E-state index in [0.29, 0.717) is 25.6 Å². The Hall–Kier alpha value is -2.08. The van der Waals surface area contributed by atoms with Gasteiger partial charge in [-0.15, -0.1) is 0 Å². The van der Waals surface area contributed by atoms with Crippen molar-refractivity contribution in [3.05, 3.63) is 35.4 Å². The molecular weight excluding hydrogens is 340 g/mol. The van der Waals surface area contributed by atoms with Crippen LogP contribution < -0.4 is 16.0 Å². The van der Waals surface area contributed by atoms with Crippen LogP contribution in [0.1, 0.15) is 43.9 Å². The number of urea groups is 1. The summed E-state index contributed by atoms with van der Waals surface area (Å²) in [5, 5.41) is 9.56. The number of nitrogens with zero attached hydrogens (tertiary/aromatic N) is 1. The molecule has 2 heterocycles. The van der Waals surface area contributed by atoms with E-state index in [2.05, 4.69) is 54.1 Å². The topological polar surface area (TPSA) is 73.5 Å². The number of benzene rings is 1. The molecule has 27 heavy (non-hydrogen) atoms. The molecular formula is C21H32N4O2. The number of carbonyl (C=O) groups is 2. The summed E-state index contributed by atoms with van der Waals surface area (Å²) in [4.78, 5) is 26.8. The Bertz CT molecular complexity index is 661. The summed E-state index contributed by atoms with van der Waals surface area (Å²) in [6, 6.07) is 8.53. The van der Waals surface area contributed by atoms with Crippen LogP contribution in [0, 0.1) is 11.8 Å². The first-order chi connectivity index (χ1) is 13.0. The minimum Gasteiger partial charge on any atom is -0.354 e. The maximum Gasteiger partial charge on any atom is 0.317 e. The first kappa shape index (κ1) is 19.7. The van der Waals surface area contributed by atoms with Crippen LogP contribution in [0.3, 0.4) is 0 Å². The van der Waals surface area contributed by atoms with Gasteiger partial charge in [0.05, 0.1) is 5.92 Å². The SMILES string of the molecule is CC(C)CNC(=O)N1CCCC(C(=O)NCC2NCCc3ccccc32)C1. The summed E-state index contributed by atoms with van der Waals surface area (Å²) in [6.07, 6.45) is 2.75. The predicted octanol–water partition coefficient (Wildman–Crippen LogP) is 2.07. The fourth-order valence-corrected chi connectivity index (χ4v) is 3.90. The Morgan fingerprint density at radius 1 is 1.26 bits per heavy atom. The molecule has 0 spiro atoms. The number of hydrogen-bond acceptors (Lipinski definition) is 3. The molecule has 0 saturated carbocycles. The van der Waals surface area contributed by atoms with Crippen LogP contribution in [0.4, 0.5) is 4.79 Å². The van der Waals surface area contributed by atoms with E-state index in [1.807, 2.05) is 0 Å². The van der Waals surface area contributed by atoms with Gasteiger partial charge in [0.25, 0.3) is 0 Å². The van der Waals surface area contributed by atoms with Gasteiger partial charge in [-0.25, -0.2) is 4.79 Å². The zero-order chi connectivity index (χ0) is 19.2. The monoisotopic (exact) mass is 372 g/mol. The van der Waals surface area contributed by atoms with E-state index < -0.39 is 0 Å². The summed E-state index contributed by atoms with van der Waals surface area (Å²) >= 11 is 0. The lowest BCUT2D eigenvalue weighted by atomic mass is 9.93. The molecule has 2 atom stereocenters. The van der Waals surface area contributed by atoms with Crippen LogP contribution >= 0.6 is 0 Å². The van der Waals surface area contributed by atoms with Crippen molar-refractivity contribution in [2.75, 3.05) is 32.7 Å². The minimum atomic E-state index is -0.123. The Kier molecular flexibility index (Phi) is 6.72. The van der Waals surface area contributed by atoms with Crippen LogP contribution in [-0.4, -0.2) is 49.6 Å². The number of carbonyl (C=O) groups excluding carboxylic acids is 2. The highest BCUT2D eigenvalue weighted by Gasteiger charge is 2.29. The molecule has 2 aliphatic rings. The number of amides is 3. The molecule has 6 heteroatoms. The molecule has 2 aliphatic heterocycles. The molecule has 0 aliphatic carbocycles. The van der Waals surface area contributed by atoms with Gasteiger partial charge >= 0.3 is 6.03 Å². The Balaban J connectivity index is 1.50. The fourth-order valence-electron chi connectivity index (χ4n) is 3.90. The first-order valence-corrected chi connectivity index (χ1v) is 10.2. The van der Waals surface area contributed by atoms with Gasteiger partial charge in [-0.3, -0.25) is 4.79 Å². The predicted molar refractivity (Wildman–Crippen MR) is 106 cm³/mol. The third kappa shape index (κ3) is 5.22. The molecule has 1 fully saturated rings. The number of piperidine rings is 1. The normalized spacial score (nSPS) is 22.3. The summed E-state index contributed by atoms with van der Waals surface area (Å²) in [5.41, 5.74) is 2.64. The molecule has 1 aromatic rings. The molecule has 3 N–H and O–H groups in total. The molecule has 3 amide bonds. The van der Waals surface area contributed by atoms with E-state index in [1.54, 1.807) is 4.90 Å². The molecule has 0 radical (unpaired) electrons. The lowest BCUT2D eigenvalue weighted by Crippen LogP contribution is -2.50. The Labute approximate surface area is 162 Å². The molecule has 6 nitrogen and oxygen atoms in total. The van der Waals surface area contributed by atoms with Crippen molar-refractivity contribution in [1.29, 1.82) is 0 Å². The van der Waals surface area contributed by atoms with Crippen molar-refractivity contribution in [1.82, 2.24) is 20.9 Å². The van der Waals surface area contributed by atoms with Crippen LogP contribution in [0.5, 0.6) is 0 Å². The van der Waals surface area contributed by atoms with Crippen molar-refractivity contribution in [3.8, 4) is 0 Å². The summed E-state index contributed by atoms with van der Waals surface area (Å²) < 4.78 is 0. The van der Waals surface area contributed by atoms with Crippen LogP contribution in [0.15, 0.2) is 24.3 Å². The third-order valence-electron chi connectivity index (χ3n) is 5.44. The highest BCUT2D eigenvalue weighted by atomic mass is 16.2. The van der Waals surface area contributed by atoms with Crippen LogP contribution in [0.25, 0.3) is 0 Å². The van der Waals surface area contributed by atoms with Crippen LogP contribution in [0.2, 0.25) is 0 Å². The molecule has 1 saturated heterocycles. The minimum absolute atomic E-state index is 0.0518. The van der Waals surface area contributed by atoms with Gasteiger partial charge in [-0.2, -0.15) is 0 Å². The second-order valence-corrected chi connectivity index (χ2v) is 8.07. The van der Waals surface area contributed by atoms with E-state index in [1.165, 1.54) is 11.1 Å². The molecule has 148 valence electrons. The maximum absolute atomic E-state index is 12.7. The average molecular weight is 373 g/mol. The largest absolute Gasteiger partial charge is 0.354 e. The highest BCUT2D eigenvalue weighted by molar-refractivity contribution is 5.80. The second-order valence-electron chi connectivity index (χ2n) is 8.07. The van der Waals surface area contributed by atoms with Gasteiger partial charge in [-0.05, 0) is 42.9 Å². The van der Waals surface area contributed by atoms with Crippen LogP contribution in [-0.2, 0) is 11.2 Å². The number of fused-ring (bicyclic) bond motifs is 1. The van der Waals surface area contributed by atoms with Crippen molar-refractivity contribution < 1.29 is 9.59 Å². The van der Waals surface area contributed by atoms with Crippen molar-refractivity contribution in [2.45, 2.75) is 39.2 Å². The van der Waals surface area contributed by atoms with E-state index in [-0.39, 0.29) is 23.9 Å². The summed E-state index contributed by atoms with van der Waals surface area (Å²) in [7, 11) is 0. The Morgan fingerprint density at radius 2 is 2.07 bits per heavy atom. The van der Waals surface area contributed by atoms with E-state index >= 15 is 0 Å². The number of hydrogen-bond donors (Lipinski definition) is 3. The van der Waals surface area contributed by atoms with Crippen molar-refractivity contribution >= 4 is 11.9 Å². The quantitative estimate of drug-likeness (QED) is 0.741. The number of rotatable bonds is 5. The van der Waals surface area contributed by atoms with Crippen molar-refractivity contribution in [2.24, 2.45) is 11.8 Å². The van der Waals surface area contributed by atoms with Gasteiger partial charge in [0.2, 0.25) is 5.91 Å². The standard InChI is InChI=1S/C21H32N4O2/c1-15(2)12-24-21(27)25-11-5-7-17(14-25)20(26)23-13-19-18-8-4-3-6-16(18)9-10-22-19/h3-4,6,8,15,17,19,22H,5,7,9-14H2,1-2H3,(H,23,26)(H,24,27). The zero-order valence-corrected chi connectivity index (χ0v) is 16.5. The smallest absolute Gasteiger partial charge is 0.317 e. The third-order valence-corrected chi connectivity index (χ3v) is 5.44. The zero-order valence-electron chi connectivity index (χ0n) is 16.5. The average Bonchev–Trinajstić information content (AvgIpc) is 2.70. The number of likely N-dealkylation sites (tertiary alicyclic amines) is 1. The van der Waals surface area contributed by atoms with Gasteiger partial charge in [0, 0.05) is 32.2 Å². The Morgan fingerprint density at radius 3 is 2.89 bits per heavy atom. The van der Waals surface area contributed by atoms with Gasteiger partial charge in [0.15, 0.2) is 0 Å². The summed E-state index contributed by atoms with van der Waals surface area (Å²) in [5.74, 6) is 0.354. The molecule has 0 bridgehead atoms. The molecule has 3 rings (SSSR count). The molecule has 1 aromatic carbocycles. The fraction of sp³-hybridized carbons (Fsp3) is 0.619. The number of nitrogens with one attached hydrogen (secondary N) is 3. The molecule has 0 aromatic heterocycles. The molecule has 2 unspecified atom stereocenters. The van der Waals surface area contributed by atoms with E-state index in [0.717, 1.165) is 32.4 Å².